The maximum atomic E-state index is 13.0. The topological polar surface area (TPSA) is 81.1 Å². The Morgan fingerprint density at radius 2 is 1.96 bits per heavy atom. The van der Waals surface area contributed by atoms with Crippen LogP contribution in [0.2, 0.25) is 0 Å². The van der Waals surface area contributed by atoms with Crippen LogP contribution >= 0.6 is 0 Å². The van der Waals surface area contributed by atoms with E-state index in [2.05, 4.69) is 20.4 Å². The van der Waals surface area contributed by atoms with E-state index in [1.54, 1.807) is 0 Å². The molecule has 1 fully saturated rings. The predicted octanol–water partition coefficient (Wildman–Crippen LogP) is 2.12. The second kappa shape index (κ2) is 5.30. The molecule has 1 saturated heterocycles. The zero-order chi connectivity index (χ0) is 16.9. The molecular formula is C15H15F3N6. The Kier molecular flexibility index (Phi) is 3.34. The summed E-state index contributed by atoms with van der Waals surface area (Å²) in [5.41, 5.74) is 7.11. The second-order valence-electron chi connectivity index (χ2n) is 6.02. The van der Waals surface area contributed by atoms with Crippen molar-refractivity contribution in [3.8, 4) is 0 Å². The van der Waals surface area contributed by atoms with E-state index >= 15 is 0 Å². The maximum Gasteiger partial charge on any atom is 0.393 e. The lowest BCUT2D eigenvalue weighted by atomic mass is 9.89. The SMILES string of the molecule is Nc1nc2ccccc2c2nc(C3CNCC(C(F)(F)F)C3)nn12. The molecular weight excluding hydrogens is 321 g/mol. The molecule has 3 aromatic rings. The van der Waals surface area contributed by atoms with Crippen LogP contribution in [0, 0.1) is 5.92 Å². The van der Waals surface area contributed by atoms with Gasteiger partial charge in [-0.15, -0.1) is 5.10 Å². The fourth-order valence-electron chi connectivity index (χ4n) is 3.15. The molecule has 1 aromatic carbocycles. The minimum atomic E-state index is -4.22. The van der Waals surface area contributed by atoms with Gasteiger partial charge in [-0.1, -0.05) is 12.1 Å². The molecule has 2 aromatic heterocycles. The van der Waals surface area contributed by atoms with E-state index in [1.165, 1.54) is 4.52 Å². The number of aromatic nitrogens is 4. The number of rotatable bonds is 1. The molecule has 1 aliphatic rings. The highest BCUT2D eigenvalue weighted by Crippen LogP contribution is 2.36. The Bertz CT molecular complexity index is 903. The molecule has 1 aliphatic heterocycles. The van der Waals surface area contributed by atoms with Crippen molar-refractivity contribution in [3.05, 3.63) is 30.1 Å². The Hall–Kier alpha value is -2.42. The van der Waals surface area contributed by atoms with Gasteiger partial charge in [-0.3, -0.25) is 0 Å². The van der Waals surface area contributed by atoms with Gasteiger partial charge in [0.05, 0.1) is 11.4 Å². The number of nitrogens with one attached hydrogen (secondary N) is 1. The Morgan fingerprint density at radius 3 is 2.75 bits per heavy atom. The van der Waals surface area contributed by atoms with Gasteiger partial charge in [0.25, 0.3) is 0 Å². The first-order valence-electron chi connectivity index (χ1n) is 7.62. The number of halogens is 3. The highest BCUT2D eigenvalue weighted by Gasteiger charge is 2.43. The smallest absolute Gasteiger partial charge is 0.368 e. The van der Waals surface area contributed by atoms with Gasteiger partial charge >= 0.3 is 6.18 Å². The second-order valence-corrected chi connectivity index (χ2v) is 6.02. The Labute approximate surface area is 134 Å². The number of alkyl halides is 3. The number of nitrogens with zero attached hydrogens (tertiary/aromatic N) is 4. The first-order valence-corrected chi connectivity index (χ1v) is 7.62. The molecule has 0 bridgehead atoms. The van der Waals surface area contributed by atoms with Gasteiger partial charge in [0.2, 0.25) is 5.95 Å². The molecule has 0 spiro atoms. The molecule has 4 rings (SSSR count). The predicted molar refractivity (Wildman–Crippen MR) is 82.5 cm³/mol. The van der Waals surface area contributed by atoms with Crippen LogP contribution in [0.4, 0.5) is 19.1 Å². The van der Waals surface area contributed by atoms with E-state index in [0.29, 0.717) is 23.5 Å². The Morgan fingerprint density at radius 1 is 1.17 bits per heavy atom. The number of nitrogens with two attached hydrogens (primary N) is 1. The van der Waals surface area contributed by atoms with E-state index < -0.39 is 18.0 Å². The zero-order valence-electron chi connectivity index (χ0n) is 12.6. The van der Waals surface area contributed by atoms with Crippen LogP contribution in [0.5, 0.6) is 0 Å². The van der Waals surface area contributed by atoms with Crippen molar-refractivity contribution < 1.29 is 13.2 Å². The summed E-state index contributed by atoms with van der Waals surface area (Å²) in [7, 11) is 0. The number of benzene rings is 1. The molecule has 0 saturated carbocycles. The van der Waals surface area contributed by atoms with Crippen molar-refractivity contribution in [2.75, 3.05) is 18.8 Å². The van der Waals surface area contributed by atoms with Gasteiger partial charge in [0.15, 0.2) is 11.5 Å². The zero-order valence-corrected chi connectivity index (χ0v) is 12.6. The van der Waals surface area contributed by atoms with Gasteiger partial charge in [-0.2, -0.15) is 17.7 Å². The number of piperidine rings is 1. The lowest BCUT2D eigenvalue weighted by Crippen LogP contribution is -2.42. The quantitative estimate of drug-likeness (QED) is 0.711. The lowest BCUT2D eigenvalue weighted by molar-refractivity contribution is -0.179. The monoisotopic (exact) mass is 336 g/mol. The standard InChI is InChI=1S/C15H15F3N6/c16-15(17,18)9-5-8(6-20-7-9)12-22-13-10-3-1-2-4-11(10)21-14(19)24(13)23-12/h1-4,8-9,20H,5-7H2,(H2,19,21). The molecule has 0 aliphatic carbocycles. The maximum absolute atomic E-state index is 13.0. The first kappa shape index (κ1) is 15.1. The van der Waals surface area contributed by atoms with E-state index in [-0.39, 0.29) is 18.9 Å². The highest BCUT2D eigenvalue weighted by atomic mass is 19.4. The number of nitrogen functional groups attached to an aromatic ring is 1. The van der Waals surface area contributed by atoms with E-state index in [9.17, 15) is 13.2 Å². The van der Waals surface area contributed by atoms with Gasteiger partial charge in [-0.05, 0) is 18.6 Å². The van der Waals surface area contributed by atoms with Gasteiger partial charge < -0.3 is 11.1 Å². The molecule has 3 heterocycles. The molecule has 9 heteroatoms. The van der Waals surface area contributed by atoms with Gasteiger partial charge in [0, 0.05) is 24.4 Å². The average Bonchev–Trinajstić information content (AvgIpc) is 3.01. The normalized spacial score (nSPS) is 22.3. The van der Waals surface area contributed by atoms with Crippen molar-refractivity contribution >= 4 is 22.5 Å². The number of hydrogen-bond acceptors (Lipinski definition) is 5. The molecule has 2 unspecified atom stereocenters. The van der Waals surface area contributed by atoms with E-state index in [4.69, 9.17) is 5.73 Å². The minimum absolute atomic E-state index is 0.0291. The fourth-order valence-corrected chi connectivity index (χ4v) is 3.15. The number of para-hydroxylation sites is 1. The highest BCUT2D eigenvalue weighted by molar-refractivity contribution is 5.92. The summed E-state index contributed by atoms with van der Waals surface area (Å²) in [5, 5.41) is 7.91. The van der Waals surface area contributed by atoms with Crippen molar-refractivity contribution in [2.45, 2.75) is 18.5 Å². The lowest BCUT2D eigenvalue weighted by Gasteiger charge is -2.29. The molecule has 3 N–H and O–H groups in total. The number of anilines is 1. The first-order chi connectivity index (χ1) is 11.4. The van der Waals surface area contributed by atoms with Gasteiger partial charge in [-0.25, -0.2) is 9.97 Å². The average molecular weight is 336 g/mol. The molecule has 24 heavy (non-hydrogen) atoms. The third kappa shape index (κ3) is 2.44. The third-order valence-electron chi connectivity index (χ3n) is 4.40. The summed E-state index contributed by atoms with van der Waals surface area (Å²) in [4.78, 5) is 8.73. The van der Waals surface area contributed by atoms with Crippen LogP contribution in [0.3, 0.4) is 0 Å². The van der Waals surface area contributed by atoms with Crippen LogP contribution in [0.1, 0.15) is 18.2 Å². The van der Waals surface area contributed by atoms with E-state index in [1.807, 2.05) is 24.3 Å². The number of fused-ring (bicyclic) bond motifs is 3. The molecule has 126 valence electrons. The summed E-state index contributed by atoms with van der Waals surface area (Å²) in [6, 6.07) is 7.33. The molecule has 6 nitrogen and oxygen atoms in total. The third-order valence-corrected chi connectivity index (χ3v) is 4.40. The van der Waals surface area contributed by atoms with Crippen LogP contribution < -0.4 is 11.1 Å². The van der Waals surface area contributed by atoms with Crippen molar-refractivity contribution in [1.82, 2.24) is 24.9 Å². The van der Waals surface area contributed by atoms with Crippen molar-refractivity contribution in [2.24, 2.45) is 5.92 Å². The van der Waals surface area contributed by atoms with Crippen molar-refractivity contribution in [3.63, 3.8) is 0 Å². The fraction of sp³-hybridized carbons (Fsp3) is 0.400. The van der Waals surface area contributed by atoms with Crippen LogP contribution in [0.25, 0.3) is 16.6 Å². The van der Waals surface area contributed by atoms with Crippen LogP contribution in [-0.4, -0.2) is 38.8 Å². The summed E-state index contributed by atoms with van der Waals surface area (Å²) < 4.78 is 40.4. The van der Waals surface area contributed by atoms with Gasteiger partial charge in [0.1, 0.15) is 0 Å². The summed E-state index contributed by atoms with van der Waals surface area (Å²) in [5.74, 6) is -1.28. The molecule has 0 amide bonds. The van der Waals surface area contributed by atoms with E-state index in [0.717, 1.165) is 5.39 Å². The molecule has 0 radical (unpaired) electrons. The largest absolute Gasteiger partial charge is 0.393 e. The number of hydrogen-bond donors (Lipinski definition) is 2. The summed E-state index contributed by atoms with van der Waals surface area (Å²) in [6.07, 6.45) is -4.25. The summed E-state index contributed by atoms with van der Waals surface area (Å²) in [6.45, 7) is 0.342. The summed E-state index contributed by atoms with van der Waals surface area (Å²) >= 11 is 0. The Balaban J connectivity index is 1.78. The van der Waals surface area contributed by atoms with Crippen LogP contribution in [-0.2, 0) is 0 Å². The molecule has 2 atom stereocenters. The van der Waals surface area contributed by atoms with Crippen LogP contribution in [0.15, 0.2) is 24.3 Å². The van der Waals surface area contributed by atoms with Crippen molar-refractivity contribution in [1.29, 1.82) is 0 Å². The minimum Gasteiger partial charge on any atom is -0.368 e.